The van der Waals surface area contributed by atoms with Crippen LogP contribution in [0.3, 0.4) is 0 Å². The average molecular weight is 392 g/mol. The summed E-state index contributed by atoms with van der Waals surface area (Å²) in [4.78, 5) is 0. The van der Waals surface area contributed by atoms with Gasteiger partial charge in [0.1, 0.15) is 0 Å². The van der Waals surface area contributed by atoms with Gasteiger partial charge < -0.3 is 5.11 Å². The van der Waals surface area contributed by atoms with E-state index in [2.05, 4.69) is 27.7 Å². The predicted molar refractivity (Wildman–Crippen MR) is 119 cm³/mol. The molecule has 1 N–H and O–H groups in total. The van der Waals surface area contributed by atoms with Crippen LogP contribution in [0.25, 0.3) is 0 Å². The van der Waals surface area contributed by atoms with Crippen molar-refractivity contribution in [3.63, 3.8) is 0 Å². The van der Waals surface area contributed by atoms with E-state index in [1.807, 2.05) is 6.92 Å². The summed E-state index contributed by atoms with van der Waals surface area (Å²) in [6, 6.07) is 0.344. The fraction of sp³-hybridized carbons (Fsp3) is 0.926. The Morgan fingerprint density at radius 2 is 1.93 bits per heavy atom. The Kier molecular flexibility index (Phi) is 4.29. The third-order valence-electron chi connectivity index (χ3n) is 9.49. The molecule has 1 heteroatoms. The molecule has 0 heterocycles. The summed E-state index contributed by atoms with van der Waals surface area (Å²) in [5.74, 6) is 3.26. The normalized spacial score (nSPS) is 53.1. The number of hydrogen-bond donors (Lipinski definition) is 1. The van der Waals surface area contributed by atoms with Gasteiger partial charge in [-0.25, -0.2) is 0 Å². The van der Waals surface area contributed by atoms with Crippen molar-refractivity contribution >= 4 is 0 Å². The van der Waals surface area contributed by atoms with Gasteiger partial charge >= 0.3 is 0 Å². The van der Waals surface area contributed by atoms with Crippen molar-refractivity contribution < 1.29 is 12.0 Å². The SMILES string of the molecule is [2H]C1=C2C([2H])([2H])[C@@H](O)C([2H])([2H])C[C@]2(C)[C@H]2CC[C@]3(C)[C@@H]([C@H](C)CCCC(C)C)CC[C@H]3[C@@H]2C1. The van der Waals surface area contributed by atoms with Gasteiger partial charge in [-0.2, -0.15) is 0 Å². The second-order valence-electron chi connectivity index (χ2n) is 11.5. The topological polar surface area (TPSA) is 20.2 Å². The molecule has 0 saturated heterocycles. The molecule has 4 rings (SSSR count). The van der Waals surface area contributed by atoms with Crippen molar-refractivity contribution in [1.29, 1.82) is 0 Å². The van der Waals surface area contributed by atoms with Gasteiger partial charge in [-0.05, 0) is 97.6 Å². The lowest BCUT2D eigenvalue weighted by Gasteiger charge is -2.58. The predicted octanol–water partition coefficient (Wildman–Crippen LogP) is 7.39. The number of hydrogen-bond acceptors (Lipinski definition) is 1. The van der Waals surface area contributed by atoms with Gasteiger partial charge in [-0.15, -0.1) is 0 Å². The quantitative estimate of drug-likeness (QED) is 0.484. The maximum atomic E-state index is 10.6. The van der Waals surface area contributed by atoms with Crippen molar-refractivity contribution in [2.24, 2.45) is 46.3 Å². The lowest BCUT2D eigenvalue weighted by molar-refractivity contribution is -0.0573. The Bertz CT molecular complexity index is 791. The highest BCUT2D eigenvalue weighted by Crippen LogP contribution is 2.67. The largest absolute Gasteiger partial charge is 0.393 e. The third-order valence-corrected chi connectivity index (χ3v) is 9.49. The first kappa shape index (κ1) is 15.5. The zero-order chi connectivity index (χ0) is 24.6. The van der Waals surface area contributed by atoms with E-state index in [4.69, 9.17) is 6.85 Å². The smallest absolute Gasteiger partial charge is 0.0577 e. The Morgan fingerprint density at radius 3 is 2.68 bits per heavy atom. The Morgan fingerprint density at radius 1 is 1.14 bits per heavy atom. The summed E-state index contributed by atoms with van der Waals surface area (Å²) < 4.78 is 43.1. The molecule has 0 aromatic carbocycles. The average Bonchev–Trinajstić information content (AvgIpc) is 3.02. The van der Waals surface area contributed by atoms with Crippen molar-refractivity contribution in [2.75, 3.05) is 0 Å². The molecule has 28 heavy (non-hydrogen) atoms. The highest BCUT2D eigenvalue weighted by molar-refractivity contribution is 5.25. The van der Waals surface area contributed by atoms with Crippen LogP contribution in [-0.4, -0.2) is 11.2 Å². The van der Waals surface area contributed by atoms with Crippen LogP contribution in [0, 0.1) is 46.3 Å². The molecule has 0 spiro atoms. The standard InChI is InChI=1S/C27H46O/c1-18(2)7-6-8-19(3)23-11-12-24-22-10-9-20-17-21(28)13-15-26(20,4)25(22)14-16-27(23,24)5/h9,18-19,21-25,28H,6-8,10-17H2,1-5H3/t19-,21+,22+,23-,24+,25+,26+,27-/m1/s1/i9D,13D2,17D2. The number of aliphatic hydroxyl groups excluding tert-OH is 1. The van der Waals surface area contributed by atoms with Gasteiger partial charge in [0.2, 0.25) is 0 Å². The van der Waals surface area contributed by atoms with E-state index in [9.17, 15) is 5.11 Å². The highest BCUT2D eigenvalue weighted by atomic mass is 16.3. The highest BCUT2D eigenvalue weighted by Gasteiger charge is 2.59. The van der Waals surface area contributed by atoms with Crippen molar-refractivity contribution in [3.05, 3.63) is 11.6 Å². The second-order valence-corrected chi connectivity index (χ2v) is 11.5. The number of allylic oxidation sites excluding steroid dienone is 1. The molecule has 0 aliphatic heterocycles. The monoisotopic (exact) mass is 391 g/mol. The van der Waals surface area contributed by atoms with E-state index in [0.29, 0.717) is 41.7 Å². The van der Waals surface area contributed by atoms with E-state index in [1.54, 1.807) is 0 Å². The molecule has 160 valence electrons. The zero-order valence-corrected chi connectivity index (χ0v) is 18.9. The van der Waals surface area contributed by atoms with E-state index >= 15 is 0 Å². The molecule has 0 radical (unpaired) electrons. The molecule has 0 amide bonds. The summed E-state index contributed by atoms with van der Waals surface area (Å²) in [5.41, 5.74) is -0.00750. The van der Waals surface area contributed by atoms with E-state index in [-0.39, 0.29) is 17.8 Å². The van der Waals surface area contributed by atoms with E-state index in [1.165, 1.54) is 32.1 Å². The van der Waals surface area contributed by atoms with Crippen molar-refractivity contribution in [1.82, 2.24) is 0 Å². The van der Waals surface area contributed by atoms with Crippen molar-refractivity contribution in [3.8, 4) is 0 Å². The van der Waals surface area contributed by atoms with Gasteiger partial charge in [0.25, 0.3) is 0 Å². The van der Waals surface area contributed by atoms with Crippen LogP contribution in [0.2, 0.25) is 0 Å². The molecule has 3 fully saturated rings. The van der Waals surface area contributed by atoms with Crippen LogP contribution in [0.1, 0.15) is 112 Å². The van der Waals surface area contributed by atoms with E-state index in [0.717, 1.165) is 18.8 Å². The molecule has 0 unspecified atom stereocenters. The fourth-order valence-electron chi connectivity index (χ4n) is 7.93. The molecule has 8 atom stereocenters. The Balaban J connectivity index is 1.63. The molecule has 0 aromatic heterocycles. The lowest BCUT2D eigenvalue weighted by atomic mass is 9.47. The van der Waals surface area contributed by atoms with Crippen LogP contribution >= 0.6 is 0 Å². The minimum absolute atomic E-state index is 0.123. The number of aliphatic hydroxyl groups is 1. The van der Waals surface area contributed by atoms with Gasteiger partial charge in [0, 0.05) is 5.48 Å². The number of fused-ring (bicyclic) bond motifs is 5. The molecule has 0 bridgehead atoms. The molecule has 3 saturated carbocycles. The third kappa shape index (κ3) is 3.42. The molecule has 1 nitrogen and oxygen atoms in total. The Labute approximate surface area is 181 Å². The first-order chi connectivity index (χ1) is 15.2. The minimum Gasteiger partial charge on any atom is -0.393 e. The molecule has 4 aliphatic carbocycles. The fourth-order valence-corrected chi connectivity index (χ4v) is 7.93. The summed E-state index contributed by atoms with van der Waals surface area (Å²) >= 11 is 0. The minimum atomic E-state index is -2.18. The summed E-state index contributed by atoms with van der Waals surface area (Å²) in [7, 11) is 0. The number of rotatable bonds is 5. The van der Waals surface area contributed by atoms with Crippen LogP contribution in [0.5, 0.6) is 0 Å². The zero-order valence-electron chi connectivity index (χ0n) is 23.9. The summed E-state index contributed by atoms with van der Waals surface area (Å²) in [6.07, 6.45) is 3.32. The van der Waals surface area contributed by atoms with Gasteiger partial charge in [-0.1, -0.05) is 65.5 Å². The second kappa shape index (κ2) is 7.75. The van der Waals surface area contributed by atoms with Crippen LogP contribution in [0.15, 0.2) is 11.6 Å². The maximum absolute atomic E-state index is 10.6. The molecular formula is C27H46O. The molecule has 0 aromatic rings. The van der Waals surface area contributed by atoms with Gasteiger partial charge in [0.05, 0.1) is 7.47 Å². The summed E-state index contributed by atoms with van der Waals surface area (Å²) in [5, 5.41) is 10.6. The molecule has 4 aliphatic rings. The van der Waals surface area contributed by atoms with Crippen molar-refractivity contribution in [2.45, 2.75) is 111 Å². The molecular weight excluding hydrogens is 340 g/mol. The first-order valence-electron chi connectivity index (χ1n) is 14.5. The maximum Gasteiger partial charge on any atom is 0.0577 e. The van der Waals surface area contributed by atoms with Gasteiger partial charge in [0.15, 0.2) is 0 Å². The first-order valence-corrected chi connectivity index (χ1v) is 12.0. The van der Waals surface area contributed by atoms with Crippen LogP contribution in [-0.2, 0) is 0 Å². The van der Waals surface area contributed by atoms with Gasteiger partial charge in [-0.3, -0.25) is 0 Å². The Hall–Kier alpha value is -0.300. The summed E-state index contributed by atoms with van der Waals surface area (Å²) in [6.45, 7) is 11.6. The van der Waals surface area contributed by atoms with Crippen LogP contribution in [0.4, 0.5) is 0 Å². The lowest BCUT2D eigenvalue weighted by Crippen LogP contribution is -2.50. The van der Waals surface area contributed by atoms with E-state index < -0.39 is 24.3 Å². The van der Waals surface area contributed by atoms with Crippen LogP contribution < -0.4 is 0 Å².